The SMILES string of the molecule is O=C(Oc1ccc(Cl)cc1/C=C1\SC(=O)N(Cc2ccccc2F)C1=O)c1ccc(Cl)cc1. The van der Waals surface area contributed by atoms with Gasteiger partial charge in [-0.1, -0.05) is 41.4 Å². The molecule has 4 rings (SSSR count). The smallest absolute Gasteiger partial charge is 0.343 e. The lowest BCUT2D eigenvalue weighted by Gasteiger charge is -2.13. The molecule has 1 heterocycles. The molecule has 33 heavy (non-hydrogen) atoms. The van der Waals surface area contributed by atoms with Crippen LogP contribution in [0.4, 0.5) is 9.18 Å². The van der Waals surface area contributed by atoms with Gasteiger partial charge in [-0.05, 0) is 66.4 Å². The van der Waals surface area contributed by atoms with Gasteiger partial charge in [0.1, 0.15) is 11.6 Å². The number of halogens is 3. The molecule has 0 N–H and O–H groups in total. The van der Waals surface area contributed by atoms with E-state index in [-0.39, 0.29) is 28.3 Å². The summed E-state index contributed by atoms with van der Waals surface area (Å²) >= 11 is 12.7. The number of benzene rings is 3. The number of hydrogen-bond acceptors (Lipinski definition) is 5. The molecule has 166 valence electrons. The molecule has 2 amide bonds. The molecule has 0 bridgehead atoms. The summed E-state index contributed by atoms with van der Waals surface area (Å²) in [6, 6.07) is 16.6. The first-order chi connectivity index (χ1) is 15.8. The van der Waals surface area contributed by atoms with Crippen LogP contribution >= 0.6 is 35.0 Å². The Morgan fingerprint density at radius 3 is 2.42 bits per heavy atom. The molecule has 9 heteroatoms. The van der Waals surface area contributed by atoms with Crippen molar-refractivity contribution in [2.75, 3.05) is 0 Å². The van der Waals surface area contributed by atoms with Crippen LogP contribution in [0.2, 0.25) is 10.0 Å². The van der Waals surface area contributed by atoms with Gasteiger partial charge < -0.3 is 4.74 Å². The van der Waals surface area contributed by atoms with Crippen LogP contribution < -0.4 is 4.74 Å². The first-order valence-corrected chi connectivity index (χ1v) is 11.1. The molecule has 0 radical (unpaired) electrons. The minimum absolute atomic E-state index is 0.0994. The Morgan fingerprint density at radius 1 is 1.00 bits per heavy atom. The molecule has 3 aromatic carbocycles. The molecule has 1 fully saturated rings. The van der Waals surface area contributed by atoms with Crippen molar-refractivity contribution in [1.82, 2.24) is 4.90 Å². The molecular weight excluding hydrogens is 488 g/mol. The van der Waals surface area contributed by atoms with Gasteiger partial charge in [0.25, 0.3) is 11.1 Å². The second kappa shape index (κ2) is 9.79. The Bertz CT molecular complexity index is 1290. The quantitative estimate of drug-likeness (QED) is 0.224. The molecule has 0 aliphatic carbocycles. The Morgan fingerprint density at radius 2 is 1.70 bits per heavy atom. The van der Waals surface area contributed by atoms with E-state index in [1.54, 1.807) is 18.2 Å². The topological polar surface area (TPSA) is 63.7 Å². The average molecular weight is 502 g/mol. The van der Waals surface area contributed by atoms with Crippen molar-refractivity contribution in [3.8, 4) is 5.75 Å². The Labute approximate surface area is 202 Å². The zero-order valence-corrected chi connectivity index (χ0v) is 19.1. The number of imide groups is 1. The minimum Gasteiger partial charge on any atom is -0.422 e. The Balaban J connectivity index is 1.59. The van der Waals surface area contributed by atoms with Gasteiger partial charge in [-0.2, -0.15) is 0 Å². The van der Waals surface area contributed by atoms with E-state index in [1.807, 2.05) is 0 Å². The molecule has 5 nitrogen and oxygen atoms in total. The van der Waals surface area contributed by atoms with Crippen molar-refractivity contribution >= 4 is 58.2 Å². The van der Waals surface area contributed by atoms with E-state index in [0.29, 0.717) is 27.4 Å². The molecule has 3 aromatic rings. The molecule has 1 aliphatic heterocycles. The average Bonchev–Trinajstić information content (AvgIpc) is 3.05. The number of ether oxygens (including phenoxy) is 1. The number of hydrogen-bond donors (Lipinski definition) is 0. The van der Waals surface area contributed by atoms with Crippen LogP contribution in [0.15, 0.2) is 71.6 Å². The fourth-order valence-corrected chi connectivity index (χ4v) is 4.18. The van der Waals surface area contributed by atoms with E-state index in [9.17, 15) is 18.8 Å². The van der Waals surface area contributed by atoms with Gasteiger partial charge >= 0.3 is 5.97 Å². The van der Waals surface area contributed by atoms with Gasteiger partial charge in [0.05, 0.1) is 17.0 Å². The number of rotatable bonds is 5. The normalized spacial score (nSPS) is 14.8. The summed E-state index contributed by atoms with van der Waals surface area (Å²) in [6.45, 7) is -0.192. The van der Waals surface area contributed by atoms with Gasteiger partial charge in [0, 0.05) is 21.2 Å². The van der Waals surface area contributed by atoms with Gasteiger partial charge in [-0.15, -0.1) is 0 Å². The van der Waals surface area contributed by atoms with Crippen LogP contribution in [0.25, 0.3) is 6.08 Å². The molecule has 1 aliphatic rings. The highest BCUT2D eigenvalue weighted by atomic mass is 35.5. The fourth-order valence-electron chi connectivity index (χ4n) is 3.04. The van der Waals surface area contributed by atoms with Crippen LogP contribution in [0.5, 0.6) is 5.75 Å². The number of carbonyl (C=O) groups is 3. The van der Waals surface area contributed by atoms with Crippen LogP contribution in [-0.4, -0.2) is 22.0 Å². The Kier molecular flexibility index (Phi) is 6.83. The summed E-state index contributed by atoms with van der Waals surface area (Å²) in [7, 11) is 0. The summed E-state index contributed by atoms with van der Waals surface area (Å²) in [5.74, 6) is -1.56. The maximum absolute atomic E-state index is 14.0. The molecule has 1 saturated heterocycles. The third kappa shape index (κ3) is 5.27. The summed E-state index contributed by atoms with van der Waals surface area (Å²) in [5, 5.41) is 0.291. The van der Waals surface area contributed by atoms with Crippen LogP contribution in [0, 0.1) is 5.82 Å². The molecule has 0 saturated carbocycles. The molecular formula is C24H14Cl2FNO4S. The van der Waals surface area contributed by atoms with Crippen molar-refractivity contribution in [2.24, 2.45) is 0 Å². The van der Waals surface area contributed by atoms with Gasteiger partial charge in [0.15, 0.2) is 0 Å². The van der Waals surface area contributed by atoms with E-state index in [2.05, 4.69) is 0 Å². The second-order valence-corrected chi connectivity index (χ2v) is 8.80. The zero-order valence-electron chi connectivity index (χ0n) is 16.8. The van der Waals surface area contributed by atoms with E-state index in [4.69, 9.17) is 27.9 Å². The lowest BCUT2D eigenvalue weighted by molar-refractivity contribution is -0.123. The monoisotopic (exact) mass is 501 g/mol. The lowest BCUT2D eigenvalue weighted by atomic mass is 10.1. The summed E-state index contributed by atoms with van der Waals surface area (Å²) in [6.07, 6.45) is 1.42. The maximum atomic E-state index is 14.0. The van der Waals surface area contributed by atoms with E-state index < -0.39 is 22.9 Å². The number of amides is 2. The van der Waals surface area contributed by atoms with Crippen molar-refractivity contribution in [1.29, 1.82) is 0 Å². The minimum atomic E-state index is -0.628. The first kappa shape index (κ1) is 23.0. The summed E-state index contributed by atoms with van der Waals surface area (Å²) in [4.78, 5) is 38.8. The highest BCUT2D eigenvalue weighted by Gasteiger charge is 2.35. The molecule has 0 spiro atoms. The number of esters is 1. The highest BCUT2D eigenvalue weighted by molar-refractivity contribution is 8.18. The third-order valence-corrected chi connectivity index (χ3v) is 6.10. The summed E-state index contributed by atoms with van der Waals surface area (Å²) < 4.78 is 19.5. The van der Waals surface area contributed by atoms with Crippen LogP contribution in [0.3, 0.4) is 0 Å². The molecule has 0 aromatic heterocycles. The van der Waals surface area contributed by atoms with Crippen LogP contribution in [-0.2, 0) is 11.3 Å². The fraction of sp³-hybridized carbons (Fsp3) is 0.0417. The predicted molar refractivity (Wildman–Crippen MR) is 126 cm³/mol. The predicted octanol–water partition coefficient (Wildman–Crippen LogP) is 6.59. The first-order valence-electron chi connectivity index (χ1n) is 9.58. The Hall–Kier alpha value is -3.13. The van der Waals surface area contributed by atoms with Crippen molar-refractivity contribution < 1.29 is 23.5 Å². The molecule has 0 unspecified atom stereocenters. The third-order valence-electron chi connectivity index (χ3n) is 4.70. The number of nitrogens with zero attached hydrogens (tertiary/aromatic N) is 1. The second-order valence-electron chi connectivity index (χ2n) is 6.94. The number of thioether (sulfide) groups is 1. The van der Waals surface area contributed by atoms with Crippen molar-refractivity contribution in [2.45, 2.75) is 6.54 Å². The summed E-state index contributed by atoms with van der Waals surface area (Å²) in [5.41, 5.74) is 0.841. The van der Waals surface area contributed by atoms with E-state index in [0.717, 1.165) is 4.90 Å². The van der Waals surface area contributed by atoms with Crippen molar-refractivity contribution in [3.05, 3.63) is 104 Å². The zero-order chi connectivity index (χ0) is 23.5. The van der Waals surface area contributed by atoms with E-state index >= 15 is 0 Å². The van der Waals surface area contributed by atoms with Gasteiger partial charge in [0.2, 0.25) is 0 Å². The standard InChI is InChI=1S/C24H14Cl2FNO4S/c25-17-7-5-14(6-8-17)23(30)32-20-10-9-18(26)11-16(20)12-21-22(29)28(24(31)33-21)13-15-3-1-2-4-19(15)27/h1-12H,13H2/b21-12-. The van der Waals surface area contributed by atoms with Crippen LogP contribution in [0.1, 0.15) is 21.5 Å². The van der Waals surface area contributed by atoms with E-state index in [1.165, 1.54) is 54.6 Å². The molecule has 0 atom stereocenters. The lowest BCUT2D eigenvalue weighted by Crippen LogP contribution is -2.27. The van der Waals surface area contributed by atoms with Crippen molar-refractivity contribution in [3.63, 3.8) is 0 Å². The van der Waals surface area contributed by atoms with Gasteiger partial charge in [-0.3, -0.25) is 14.5 Å². The number of carbonyl (C=O) groups excluding carboxylic acids is 3. The highest BCUT2D eigenvalue weighted by Crippen LogP contribution is 2.36. The van der Waals surface area contributed by atoms with Gasteiger partial charge in [-0.25, -0.2) is 9.18 Å². The largest absolute Gasteiger partial charge is 0.422 e. The maximum Gasteiger partial charge on any atom is 0.343 e.